The van der Waals surface area contributed by atoms with Gasteiger partial charge in [-0.15, -0.1) is 11.8 Å². The maximum absolute atomic E-state index is 6.09. The third-order valence-electron chi connectivity index (χ3n) is 2.22. The van der Waals surface area contributed by atoms with Gasteiger partial charge in [0.05, 0.1) is 6.20 Å². The minimum absolute atomic E-state index is 0.719. The highest BCUT2D eigenvalue weighted by Gasteiger charge is 2.05. The smallest absolute Gasteiger partial charge is 0.0625 e. The van der Waals surface area contributed by atoms with Gasteiger partial charge in [0.2, 0.25) is 0 Å². The number of aryl methyl sites for hydroxylation is 1. The average Bonchev–Trinajstić information content (AvgIpc) is 2.63. The molecule has 0 radical (unpaired) electrons. The Morgan fingerprint density at radius 2 is 2.31 bits per heavy atom. The van der Waals surface area contributed by atoms with Crippen molar-refractivity contribution in [2.45, 2.75) is 10.6 Å². The van der Waals surface area contributed by atoms with Crippen molar-refractivity contribution < 1.29 is 0 Å². The molecule has 0 spiro atoms. The van der Waals surface area contributed by atoms with Gasteiger partial charge in [-0.25, -0.2) is 0 Å². The Hall–Kier alpha value is -1.13. The van der Waals surface area contributed by atoms with Gasteiger partial charge in [-0.05, 0) is 12.1 Å². The molecule has 2 N–H and O–H groups in total. The van der Waals surface area contributed by atoms with E-state index in [1.807, 2.05) is 37.6 Å². The maximum Gasteiger partial charge on any atom is 0.0625 e. The van der Waals surface area contributed by atoms with Crippen molar-refractivity contribution in [3.63, 3.8) is 0 Å². The largest absolute Gasteiger partial charge is 0.398 e. The molecule has 84 valence electrons. The molecule has 0 aliphatic heterocycles. The van der Waals surface area contributed by atoms with Crippen LogP contribution in [0.5, 0.6) is 0 Å². The van der Waals surface area contributed by atoms with Crippen molar-refractivity contribution >= 4 is 29.1 Å². The highest BCUT2D eigenvalue weighted by molar-refractivity contribution is 7.98. The lowest BCUT2D eigenvalue weighted by atomic mass is 10.2. The molecule has 16 heavy (non-hydrogen) atoms. The highest BCUT2D eigenvalue weighted by Crippen LogP contribution is 2.29. The number of hydrogen-bond acceptors (Lipinski definition) is 3. The third-order valence-corrected chi connectivity index (χ3v) is 3.55. The quantitative estimate of drug-likeness (QED) is 0.676. The van der Waals surface area contributed by atoms with Crippen LogP contribution in [0.25, 0.3) is 0 Å². The molecule has 0 saturated carbocycles. The fourth-order valence-corrected chi connectivity index (χ4v) is 2.67. The number of halogens is 1. The molecule has 0 saturated heterocycles. The Bertz CT molecular complexity index is 475. The number of aromatic nitrogens is 2. The lowest BCUT2D eigenvalue weighted by molar-refractivity contribution is 0.766. The van der Waals surface area contributed by atoms with E-state index < -0.39 is 0 Å². The summed E-state index contributed by atoms with van der Waals surface area (Å²) in [7, 11) is 1.90. The zero-order valence-corrected chi connectivity index (χ0v) is 10.4. The molecule has 0 aliphatic carbocycles. The number of nitrogen functional groups attached to an aromatic ring is 1. The first-order chi connectivity index (χ1) is 7.66. The lowest BCUT2D eigenvalue weighted by Gasteiger charge is -2.06. The maximum atomic E-state index is 6.09. The normalized spacial score (nSPS) is 10.6. The molecule has 5 heteroatoms. The first kappa shape index (κ1) is 11.4. The van der Waals surface area contributed by atoms with Gasteiger partial charge in [0.15, 0.2) is 0 Å². The first-order valence-corrected chi connectivity index (χ1v) is 6.17. The predicted octanol–water partition coefficient (Wildman–Crippen LogP) is 2.95. The number of nitrogens with two attached hydrogens (primary N) is 1. The molecule has 2 aromatic rings. The number of thioether (sulfide) groups is 1. The topological polar surface area (TPSA) is 43.8 Å². The molecule has 1 aromatic carbocycles. The van der Waals surface area contributed by atoms with Crippen LogP contribution in [0.2, 0.25) is 5.02 Å². The van der Waals surface area contributed by atoms with E-state index in [2.05, 4.69) is 5.10 Å². The Balaban J connectivity index is 2.10. The summed E-state index contributed by atoms with van der Waals surface area (Å²) in [5, 5.41) is 4.82. The van der Waals surface area contributed by atoms with Crippen LogP contribution in [0.1, 0.15) is 5.56 Å². The van der Waals surface area contributed by atoms with Crippen LogP contribution >= 0.6 is 23.4 Å². The molecular weight excluding hydrogens is 242 g/mol. The summed E-state index contributed by atoms with van der Waals surface area (Å²) in [5.74, 6) is 0.761. The van der Waals surface area contributed by atoms with E-state index in [0.717, 1.165) is 26.9 Å². The minimum atomic E-state index is 0.719. The van der Waals surface area contributed by atoms with Crippen molar-refractivity contribution in [3.05, 3.63) is 41.2 Å². The summed E-state index contributed by atoms with van der Waals surface area (Å²) in [6, 6.07) is 5.58. The molecule has 2 rings (SSSR count). The molecule has 0 bridgehead atoms. The van der Waals surface area contributed by atoms with Gasteiger partial charge in [0.25, 0.3) is 0 Å². The number of rotatable bonds is 3. The van der Waals surface area contributed by atoms with Gasteiger partial charge < -0.3 is 5.73 Å². The van der Waals surface area contributed by atoms with Crippen molar-refractivity contribution in [2.75, 3.05) is 5.73 Å². The first-order valence-electron chi connectivity index (χ1n) is 4.81. The Morgan fingerprint density at radius 3 is 2.94 bits per heavy atom. The Labute approximate surface area is 104 Å². The van der Waals surface area contributed by atoms with Crippen molar-refractivity contribution in [1.82, 2.24) is 9.78 Å². The zero-order valence-electron chi connectivity index (χ0n) is 8.85. The molecule has 1 heterocycles. The zero-order chi connectivity index (χ0) is 11.5. The number of nitrogens with zero attached hydrogens (tertiary/aromatic N) is 2. The van der Waals surface area contributed by atoms with Gasteiger partial charge in [-0.2, -0.15) is 5.10 Å². The summed E-state index contributed by atoms with van der Waals surface area (Å²) in [6.07, 6.45) is 3.80. The van der Waals surface area contributed by atoms with Gasteiger partial charge in [0.1, 0.15) is 0 Å². The van der Waals surface area contributed by atoms with Crippen LogP contribution in [0.4, 0.5) is 5.69 Å². The predicted molar refractivity (Wildman–Crippen MR) is 68.6 cm³/mol. The summed E-state index contributed by atoms with van der Waals surface area (Å²) >= 11 is 7.76. The summed E-state index contributed by atoms with van der Waals surface area (Å²) in [6.45, 7) is 0. The van der Waals surface area contributed by atoms with Gasteiger partial charge >= 0.3 is 0 Å². The van der Waals surface area contributed by atoms with Crippen LogP contribution in [0.15, 0.2) is 35.5 Å². The molecule has 0 atom stereocenters. The molecule has 0 amide bonds. The summed E-state index contributed by atoms with van der Waals surface area (Å²) in [4.78, 5) is 1.11. The molecular formula is C11H12ClN3S. The number of hydrogen-bond donors (Lipinski definition) is 1. The molecule has 3 nitrogen and oxygen atoms in total. The second-order valence-electron chi connectivity index (χ2n) is 3.45. The van der Waals surface area contributed by atoms with Crippen molar-refractivity contribution in [3.8, 4) is 0 Å². The van der Waals surface area contributed by atoms with E-state index in [9.17, 15) is 0 Å². The fourth-order valence-electron chi connectivity index (χ4n) is 1.36. The van der Waals surface area contributed by atoms with Crippen molar-refractivity contribution in [2.24, 2.45) is 7.05 Å². The Kier molecular flexibility index (Phi) is 3.41. The van der Waals surface area contributed by atoms with Gasteiger partial charge in [-0.1, -0.05) is 17.7 Å². The van der Waals surface area contributed by atoms with Gasteiger partial charge in [0, 0.05) is 40.2 Å². The van der Waals surface area contributed by atoms with Crippen LogP contribution in [0.3, 0.4) is 0 Å². The third kappa shape index (κ3) is 2.51. The summed E-state index contributed by atoms with van der Waals surface area (Å²) < 4.78 is 1.78. The van der Waals surface area contributed by atoms with Crippen LogP contribution < -0.4 is 5.73 Å². The lowest BCUT2D eigenvalue weighted by Crippen LogP contribution is -1.93. The number of benzene rings is 1. The highest BCUT2D eigenvalue weighted by atomic mass is 35.5. The van der Waals surface area contributed by atoms with E-state index in [-0.39, 0.29) is 0 Å². The van der Waals surface area contributed by atoms with E-state index in [4.69, 9.17) is 17.3 Å². The van der Waals surface area contributed by atoms with Crippen LogP contribution in [-0.2, 0) is 12.8 Å². The van der Waals surface area contributed by atoms with E-state index in [1.165, 1.54) is 0 Å². The molecule has 0 unspecified atom stereocenters. The standard InChI is InChI=1S/C11H12ClN3S/c1-15-6-8(5-14-15)16-7-9-10(12)3-2-4-11(9)13/h2-6H,7,13H2,1H3. The van der Waals surface area contributed by atoms with E-state index in [0.29, 0.717) is 0 Å². The van der Waals surface area contributed by atoms with Crippen LogP contribution in [-0.4, -0.2) is 9.78 Å². The molecule has 1 aromatic heterocycles. The second-order valence-corrected chi connectivity index (χ2v) is 4.90. The molecule has 0 fully saturated rings. The average molecular weight is 254 g/mol. The monoisotopic (exact) mass is 253 g/mol. The second kappa shape index (κ2) is 4.80. The van der Waals surface area contributed by atoms with Gasteiger partial charge in [-0.3, -0.25) is 4.68 Å². The van der Waals surface area contributed by atoms with Crippen LogP contribution in [0, 0.1) is 0 Å². The number of anilines is 1. The van der Waals surface area contributed by atoms with E-state index in [1.54, 1.807) is 16.4 Å². The Morgan fingerprint density at radius 1 is 1.50 bits per heavy atom. The minimum Gasteiger partial charge on any atom is -0.398 e. The SMILES string of the molecule is Cn1cc(SCc2c(N)cccc2Cl)cn1. The summed E-state index contributed by atoms with van der Waals surface area (Å²) in [5.41, 5.74) is 7.60. The molecule has 0 aliphatic rings. The van der Waals surface area contributed by atoms with Crippen molar-refractivity contribution in [1.29, 1.82) is 0 Å². The fraction of sp³-hybridized carbons (Fsp3) is 0.182. The van der Waals surface area contributed by atoms with E-state index >= 15 is 0 Å².